The molecule has 1 aromatic heterocycles. The van der Waals surface area contributed by atoms with E-state index >= 15 is 0 Å². The molecule has 0 bridgehead atoms. The van der Waals surface area contributed by atoms with E-state index in [1.165, 1.54) is 18.4 Å². The van der Waals surface area contributed by atoms with Crippen LogP contribution in [0.5, 0.6) is 0 Å². The van der Waals surface area contributed by atoms with Crippen molar-refractivity contribution in [3.63, 3.8) is 0 Å². The fourth-order valence-electron chi connectivity index (χ4n) is 4.32. The topological polar surface area (TPSA) is 77.0 Å². The van der Waals surface area contributed by atoms with E-state index in [1.807, 2.05) is 28.3 Å². The van der Waals surface area contributed by atoms with E-state index in [-0.39, 0.29) is 12.5 Å². The van der Waals surface area contributed by atoms with Crippen molar-refractivity contribution in [1.82, 2.24) is 19.7 Å². The molecule has 28 heavy (non-hydrogen) atoms. The molecule has 1 amide bonds. The molecule has 1 atom stereocenters. The van der Waals surface area contributed by atoms with Gasteiger partial charge in [0.15, 0.2) is 0 Å². The lowest BCUT2D eigenvalue weighted by atomic mass is 10.1. The third-order valence-corrected chi connectivity index (χ3v) is 5.85. The molecule has 7 heteroatoms. The van der Waals surface area contributed by atoms with E-state index in [0.717, 1.165) is 32.4 Å². The second-order valence-corrected chi connectivity index (χ2v) is 7.84. The van der Waals surface area contributed by atoms with Gasteiger partial charge in [0.05, 0.1) is 6.54 Å². The van der Waals surface area contributed by atoms with Gasteiger partial charge in [0.2, 0.25) is 5.91 Å². The lowest BCUT2D eigenvalue weighted by Gasteiger charge is -2.33. The first-order valence-electron chi connectivity index (χ1n) is 10.5. The smallest absolute Gasteiger partial charge is 0.317 e. The number of amides is 1. The molecule has 3 rings (SSSR count). The number of carboxylic acid groups (broad SMARTS) is 1. The van der Waals surface area contributed by atoms with Crippen molar-refractivity contribution >= 4 is 11.9 Å². The van der Waals surface area contributed by atoms with Gasteiger partial charge < -0.3 is 10.0 Å². The predicted octanol–water partition coefficient (Wildman–Crippen LogP) is 2.01. The number of rotatable bonds is 9. The molecule has 1 N–H and O–H groups in total. The summed E-state index contributed by atoms with van der Waals surface area (Å²) >= 11 is 0. The van der Waals surface area contributed by atoms with Crippen LogP contribution in [0.15, 0.2) is 24.5 Å². The minimum atomic E-state index is -0.802. The van der Waals surface area contributed by atoms with Crippen LogP contribution >= 0.6 is 0 Å². The maximum absolute atomic E-state index is 12.4. The number of hydrogen-bond acceptors (Lipinski definition) is 5. The van der Waals surface area contributed by atoms with Gasteiger partial charge in [0, 0.05) is 51.0 Å². The van der Waals surface area contributed by atoms with E-state index in [1.54, 1.807) is 0 Å². The quantitative estimate of drug-likeness (QED) is 0.652. The minimum absolute atomic E-state index is 0.0680. The zero-order valence-electron chi connectivity index (χ0n) is 16.6. The van der Waals surface area contributed by atoms with Crippen molar-refractivity contribution in [1.29, 1.82) is 0 Å². The summed E-state index contributed by atoms with van der Waals surface area (Å²) in [7, 11) is 0. The highest BCUT2D eigenvalue weighted by Gasteiger charge is 2.25. The molecule has 0 aliphatic carbocycles. The maximum Gasteiger partial charge on any atom is 0.317 e. The van der Waals surface area contributed by atoms with Crippen LogP contribution < -0.4 is 0 Å². The fraction of sp³-hybridized carbons (Fsp3) is 0.667. The first-order chi connectivity index (χ1) is 13.6. The molecule has 2 aliphatic heterocycles. The average Bonchev–Trinajstić information content (AvgIpc) is 3.17. The van der Waals surface area contributed by atoms with Crippen LogP contribution in [0, 0.1) is 0 Å². The summed E-state index contributed by atoms with van der Waals surface area (Å²) in [5.74, 6) is -0.590. The average molecular weight is 389 g/mol. The molecule has 1 aromatic rings. The number of pyridine rings is 1. The van der Waals surface area contributed by atoms with E-state index in [4.69, 9.17) is 5.11 Å². The highest BCUT2D eigenvalue weighted by atomic mass is 16.4. The van der Waals surface area contributed by atoms with E-state index < -0.39 is 5.97 Å². The Hall–Kier alpha value is -1.99. The third kappa shape index (κ3) is 6.01. The van der Waals surface area contributed by atoms with Crippen LogP contribution in [0.25, 0.3) is 0 Å². The molecule has 0 aromatic carbocycles. The van der Waals surface area contributed by atoms with Crippen LogP contribution in [-0.2, 0) is 9.59 Å². The second kappa shape index (κ2) is 10.5. The SMILES string of the molecule is O=C(O)CN1CCN(C(=O)CCCCCN2CCC[C@H]2c2cccnc2)CC1. The lowest BCUT2D eigenvalue weighted by molar-refractivity contribution is -0.139. The molecule has 2 saturated heterocycles. The Morgan fingerprint density at radius 2 is 1.93 bits per heavy atom. The van der Waals surface area contributed by atoms with Gasteiger partial charge in [-0.25, -0.2) is 0 Å². The Balaban J connectivity index is 1.30. The first-order valence-corrected chi connectivity index (χ1v) is 10.5. The van der Waals surface area contributed by atoms with Gasteiger partial charge in [0.25, 0.3) is 0 Å². The third-order valence-electron chi connectivity index (χ3n) is 5.85. The van der Waals surface area contributed by atoms with Crippen molar-refractivity contribution in [3.8, 4) is 0 Å². The number of likely N-dealkylation sites (tertiary alicyclic amines) is 1. The minimum Gasteiger partial charge on any atom is -0.480 e. The fourth-order valence-corrected chi connectivity index (χ4v) is 4.32. The highest BCUT2D eigenvalue weighted by molar-refractivity contribution is 5.76. The Morgan fingerprint density at radius 3 is 2.64 bits per heavy atom. The number of carbonyl (C=O) groups excluding carboxylic acids is 1. The van der Waals surface area contributed by atoms with Crippen LogP contribution in [-0.4, -0.2) is 82.5 Å². The summed E-state index contributed by atoms with van der Waals surface area (Å²) in [6, 6.07) is 4.68. The van der Waals surface area contributed by atoms with Gasteiger partial charge >= 0.3 is 5.97 Å². The van der Waals surface area contributed by atoms with E-state index in [0.29, 0.717) is 38.6 Å². The van der Waals surface area contributed by atoms with Crippen molar-refractivity contribution < 1.29 is 14.7 Å². The molecular weight excluding hydrogens is 356 g/mol. The van der Waals surface area contributed by atoms with Crippen LogP contribution in [0.2, 0.25) is 0 Å². The van der Waals surface area contributed by atoms with Gasteiger partial charge in [-0.15, -0.1) is 0 Å². The molecule has 0 spiro atoms. The Bertz CT molecular complexity index is 632. The number of piperazine rings is 1. The molecule has 7 nitrogen and oxygen atoms in total. The number of unbranched alkanes of at least 4 members (excludes halogenated alkanes) is 2. The Kier molecular flexibility index (Phi) is 7.80. The van der Waals surface area contributed by atoms with Crippen LogP contribution in [0.3, 0.4) is 0 Å². The number of hydrogen-bond donors (Lipinski definition) is 1. The van der Waals surface area contributed by atoms with Crippen molar-refractivity contribution in [2.24, 2.45) is 0 Å². The van der Waals surface area contributed by atoms with Crippen molar-refractivity contribution in [2.45, 2.75) is 44.6 Å². The van der Waals surface area contributed by atoms with E-state index in [9.17, 15) is 9.59 Å². The van der Waals surface area contributed by atoms with Crippen LogP contribution in [0.4, 0.5) is 0 Å². The number of aliphatic carboxylic acids is 1. The highest BCUT2D eigenvalue weighted by Crippen LogP contribution is 2.31. The maximum atomic E-state index is 12.4. The molecule has 2 fully saturated rings. The molecule has 0 unspecified atom stereocenters. The lowest BCUT2D eigenvalue weighted by Crippen LogP contribution is -2.49. The van der Waals surface area contributed by atoms with E-state index in [2.05, 4.69) is 16.0 Å². The number of carbonyl (C=O) groups is 2. The summed E-state index contributed by atoms with van der Waals surface area (Å²) in [6.45, 7) is 4.91. The van der Waals surface area contributed by atoms with Crippen molar-refractivity contribution in [2.75, 3.05) is 45.8 Å². The molecule has 0 radical (unpaired) electrons. The number of aromatic nitrogens is 1. The normalized spacial score (nSPS) is 21.1. The predicted molar refractivity (Wildman–Crippen MR) is 107 cm³/mol. The Morgan fingerprint density at radius 1 is 1.11 bits per heavy atom. The summed E-state index contributed by atoms with van der Waals surface area (Å²) in [4.78, 5) is 33.7. The molecular formula is C21H32N4O3. The number of nitrogens with zero attached hydrogens (tertiary/aromatic N) is 4. The molecule has 0 saturated carbocycles. The zero-order valence-corrected chi connectivity index (χ0v) is 16.6. The summed E-state index contributed by atoms with van der Waals surface area (Å²) < 4.78 is 0. The van der Waals surface area contributed by atoms with Gasteiger partial charge in [-0.05, 0) is 50.4 Å². The summed E-state index contributed by atoms with van der Waals surface area (Å²) in [5.41, 5.74) is 1.32. The second-order valence-electron chi connectivity index (χ2n) is 7.84. The molecule has 3 heterocycles. The zero-order chi connectivity index (χ0) is 19.8. The Labute approximate surface area is 167 Å². The van der Waals surface area contributed by atoms with Gasteiger partial charge in [0.1, 0.15) is 0 Å². The monoisotopic (exact) mass is 388 g/mol. The first kappa shape index (κ1) is 20.7. The van der Waals surface area contributed by atoms with Gasteiger partial charge in [-0.1, -0.05) is 12.5 Å². The molecule has 2 aliphatic rings. The summed E-state index contributed by atoms with van der Waals surface area (Å²) in [5, 5.41) is 8.84. The largest absolute Gasteiger partial charge is 0.480 e. The van der Waals surface area contributed by atoms with Gasteiger partial charge in [-0.2, -0.15) is 0 Å². The van der Waals surface area contributed by atoms with Crippen LogP contribution in [0.1, 0.15) is 50.1 Å². The number of carboxylic acids is 1. The standard InChI is InChI=1S/C21H32N4O3/c26-20(25-14-12-23(13-15-25)17-21(27)28)8-2-1-3-10-24-11-5-7-19(24)18-6-4-9-22-16-18/h4,6,9,16,19H,1-3,5,7-8,10-15,17H2,(H,27,28)/t19-/m0/s1. The van der Waals surface area contributed by atoms with Crippen molar-refractivity contribution in [3.05, 3.63) is 30.1 Å². The van der Waals surface area contributed by atoms with Gasteiger partial charge in [-0.3, -0.25) is 24.4 Å². The molecule has 154 valence electrons. The summed E-state index contributed by atoms with van der Waals surface area (Å²) in [6.07, 6.45) is 9.98.